The first kappa shape index (κ1) is 26.1. The molecule has 0 amide bonds. The minimum Gasteiger partial charge on any atom is -0.455 e. The Labute approximate surface area is 172 Å². The van der Waals surface area contributed by atoms with Gasteiger partial charge in [-0.15, -0.1) is 0 Å². The molecule has 0 aromatic heterocycles. The first-order chi connectivity index (χ1) is 11.8. The van der Waals surface area contributed by atoms with Crippen LogP contribution in [-0.2, 0) is 4.12 Å². The molecular formula is C20H46OS2Si2. The molecule has 0 aliphatic heterocycles. The summed E-state index contributed by atoms with van der Waals surface area (Å²) >= 11 is 8.56. The maximum atomic E-state index is 6.77. The number of rotatable bonds is 18. The average molecular weight is 423 g/mol. The van der Waals surface area contributed by atoms with Crippen molar-refractivity contribution in [1.82, 2.24) is 0 Å². The topological polar surface area (TPSA) is 9.23 Å². The van der Waals surface area contributed by atoms with Crippen LogP contribution in [0.4, 0.5) is 0 Å². The van der Waals surface area contributed by atoms with Gasteiger partial charge in [0.05, 0.1) is 0 Å². The standard InChI is InChI=1S/C20H46OS2Si2/c1-24(2,19-15-11-7-5-9-13-17-22)21-25(3,4)20-16-12-8-6-10-14-18-23/h22-23H,5-20H2,1-4H3. The Hall–Kier alpha value is 1.09. The summed E-state index contributed by atoms with van der Waals surface area (Å²) in [5.41, 5.74) is 0. The third-order valence-electron chi connectivity index (χ3n) is 4.93. The fourth-order valence-corrected chi connectivity index (χ4v) is 13.0. The molecule has 1 nitrogen and oxygen atoms in total. The van der Waals surface area contributed by atoms with E-state index in [0.29, 0.717) is 0 Å². The van der Waals surface area contributed by atoms with Gasteiger partial charge >= 0.3 is 0 Å². The first-order valence-corrected chi connectivity index (χ1v) is 18.2. The van der Waals surface area contributed by atoms with Gasteiger partial charge in [0.1, 0.15) is 0 Å². The largest absolute Gasteiger partial charge is 0.455 e. The van der Waals surface area contributed by atoms with Gasteiger partial charge in [0, 0.05) is 0 Å². The summed E-state index contributed by atoms with van der Waals surface area (Å²) in [6.45, 7) is 9.78. The fraction of sp³-hybridized carbons (Fsp3) is 1.00. The second-order valence-electron chi connectivity index (χ2n) is 8.81. The molecule has 0 N–H and O–H groups in total. The van der Waals surface area contributed by atoms with Crippen LogP contribution < -0.4 is 0 Å². The number of hydrogen-bond acceptors (Lipinski definition) is 3. The molecule has 0 saturated carbocycles. The molecule has 152 valence electrons. The minimum absolute atomic E-state index is 1.04. The Kier molecular flexibility index (Phi) is 16.8. The normalized spacial score (nSPS) is 12.7. The van der Waals surface area contributed by atoms with Crippen LogP contribution in [0.2, 0.25) is 38.3 Å². The van der Waals surface area contributed by atoms with Gasteiger partial charge < -0.3 is 4.12 Å². The molecule has 5 heteroatoms. The molecule has 0 atom stereocenters. The minimum atomic E-state index is -1.46. The quantitative estimate of drug-likeness (QED) is 0.129. The molecule has 0 bridgehead atoms. The molecule has 0 unspecified atom stereocenters. The lowest BCUT2D eigenvalue weighted by molar-refractivity contribution is 0.519. The van der Waals surface area contributed by atoms with E-state index in [4.69, 9.17) is 4.12 Å². The lowest BCUT2D eigenvalue weighted by Gasteiger charge is -2.34. The summed E-state index contributed by atoms with van der Waals surface area (Å²) < 4.78 is 6.77. The second kappa shape index (κ2) is 16.1. The van der Waals surface area contributed by atoms with Crippen molar-refractivity contribution in [2.24, 2.45) is 0 Å². The van der Waals surface area contributed by atoms with Crippen LogP contribution >= 0.6 is 25.3 Å². The zero-order chi connectivity index (χ0) is 19.0. The van der Waals surface area contributed by atoms with Gasteiger partial charge in [-0.1, -0.05) is 64.2 Å². The maximum Gasteiger partial charge on any atom is 0.173 e. The van der Waals surface area contributed by atoms with Gasteiger partial charge in [-0.3, -0.25) is 0 Å². The van der Waals surface area contributed by atoms with Crippen LogP contribution in [0.5, 0.6) is 0 Å². The molecule has 0 heterocycles. The van der Waals surface area contributed by atoms with E-state index in [1.54, 1.807) is 0 Å². The summed E-state index contributed by atoms with van der Waals surface area (Å²) in [5.74, 6) is 2.09. The van der Waals surface area contributed by atoms with Crippen LogP contribution in [-0.4, -0.2) is 28.1 Å². The highest BCUT2D eigenvalue weighted by atomic mass is 32.1. The lowest BCUT2D eigenvalue weighted by Crippen LogP contribution is -2.44. The van der Waals surface area contributed by atoms with E-state index in [1.165, 1.54) is 89.1 Å². The Morgan fingerprint density at radius 1 is 0.480 bits per heavy atom. The molecule has 25 heavy (non-hydrogen) atoms. The van der Waals surface area contributed by atoms with Crippen LogP contribution in [0.15, 0.2) is 0 Å². The molecule has 0 rings (SSSR count). The molecule has 0 aliphatic carbocycles. The molecule has 0 fully saturated rings. The predicted molar refractivity (Wildman–Crippen MR) is 129 cm³/mol. The molecule has 0 aromatic rings. The van der Waals surface area contributed by atoms with Gasteiger partial charge in [0.15, 0.2) is 16.6 Å². The van der Waals surface area contributed by atoms with Crippen LogP contribution in [0, 0.1) is 0 Å². The van der Waals surface area contributed by atoms with Crippen molar-refractivity contribution in [3.05, 3.63) is 0 Å². The molecule has 0 radical (unpaired) electrons. The summed E-state index contributed by atoms with van der Waals surface area (Å²) in [6, 6.07) is 2.69. The van der Waals surface area contributed by atoms with E-state index in [0.717, 1.165) is 11.5 Å². The van der Waals surface area contributed by atoms with Crippen molar-refractivity contribution >= 4 is 41.9 Å². The number of unbranched alkanes of at least 4 members (excludes halogenated alkanes) is 10. The van der Waals surface area contributed by atoms with Gasteiger partial charge in [0.2, 0.25) is 0 Å². The van der Waals surface area contributed by atoms with Crippen molar-refractivity contribution in [3.8, 4) is 0 Å². The number of hydrogen-bond donors (Lipinski definition) is 2. The zero-order valence-corrected chi connectivity index (χ0v) is 21.4. The van der Waals surface area contributed by atoms with E-state index < -0.39 is 16.6 Å². The van der Waals surface area contributed by atoms with Crippen LogP contribution in [0.25, 0.3) is 0 Å². The van der Waals surface area contributed by atoms with Gasteiger partial charge in [-0.2, -0.15) is 25.3 Å². The Morgan fingerprint density at radius 2 is 0.760 bits per heavy atom. The lowest BCUT2D eigenvalue weighted by atomic mass is 10.1. The average Bonchev–Trinajstić information content (AvgIpc) is 2.52. The summed E-state index contributed by atoms with van der Waals surface area (Å²) in [4.78, 5) is 0. The van der Waals surface area contributed by atoms with Crippen molar-refractivity contribution in [1.29, 1.82) is 0 Å². The second-order valence-corrected chi connectivity index (χ2v) is 18.6. The molecule has 0 saturated heterocycles. The predicted octanol–water partition coefficient (Wildman–Crippen LogP) is 7.95. The summed E-state index contributed by atoms with van der Waals surface area (Å²) in [5, 5.41) is 0. The highest BCUT2D eigenvalue weighted by Gasteiger charge is 2.31. The summed E-state index contributed by atoms with van der Waals surface area (Å²) in [6.07, 6.45) is 16.4. The van der Waals surface area contributed by atoms with E-state index in [9.17, 15) is 0 Å². The van der Waals surface area contributed by atoms with Crippen molar-refractivity contribution in [2.75, 3.05) is 11.5 Å². The Morgan fingerprint density at radius 3 is 1.08 bits per heavy atom. The SMILES string of the molecule is C[Si](C)(CCCCCCCCS)O[Si](C)(C)CCCCCCCCS. The smallest absolute Gasteiger partial charge is 0.173 e. The molecule has 0 aromatic carbocycles. The van der Waals surface area contributed by atoms with Gasteiger partial charge in [-0.05, 0) is 62.6 Å². The molecule has 0 spiro atoms. The first-order valence-electron chi connectivity index (χ1n) is 10.7. The third-order valence-corrected chi connectivity index (χ3v) is 13.1. The zero-order valence-electron chi connectivity index (χ0n) is 17.6. The highest BCUT2D eigenvalue weighted by Crippen LogP contribution is 2.26. The Bertz CT molecular complexity index is 271. The van der Waals surface area contributed by atoms with Crippen LogP contribution in [0.3, 0.4) is 0 Å². The van der Waals surface area contributed by atoms with Crippen molar-refractivity contribution in [3.63, 3.8) is 0 Å². The van der Waals surface area contributed by atoms with Crippen LogP contribution in [0.1, 0.15) is 77.0 Å². The van der Waals surface area contributed by atoms with E-state index >= 15 is 0 Å². The monoisotopic (exact) mass is 422 g/mol. The highest BCUT2D eigenvalue weighted by molar-refractivity contribution is 7.80. The van der Waals surface area contributed by atoms with Gasteiger partial charge in [-0.25, -0.2) is 0 Å². The van der Waals surface area contributed by atoms with E-state index in [1.807, 2.05) is 0 Å². The summed E-state index contributed by atoms with van der Waals surface area (Å²) in [7, 11) is -2.92. The molecule has 0 aliphatic rings. The Balaban J connectivity index is 3.77. The van der Waals surface area contributed by atoms with Crippen molar-refractivity contribution in [2.45, 2.75) is 115 Å². The third kappa shape index (κ3) is 18.2. The van der Waals surface area contributed by atoms with E-state index in [2.05, 4.69) is 51.4 Å². The molecular weight excluding hydrogens is 377 g/mol. The number of thiol groups is 2. The van der Waals surface area contributed by atoms with Crippen molar-refractivity contribution < 1.29 is 4.12 Å². The maximum absolute atomic E-state index is 6.77. The van der Waals surface area contributed by atoms with Gasteiger partial charge in [0.25, 0.3) is 0 Å². The fourth-order valence-electron chi connectivity index (χ4n) is 3.59. The van der Waals surface area contributed by atoms with E-state index in [-0.39, 0.29) is 0 Å².